The fourth-order valence-electron chi connectivity index (χ4n) is 2.06. The van der Waals surface area contributed by atoms with Crippen molar-refractivity contribution in [2.24, 2.45) is 0 Å². The predicted octanol–water partition coefficient (Wildman–Crippen LogP) is 3.35. The summed E-state index contributed by atoms with van der Waals surface area (Å²) in [6, 6.07) is 15.8. The standard InChI is InChI=1S/C15H12N2O/c1-10(18)16-13-6-7-15-12(9-13)8-11-4-2-3-5-14(11)17-15/h2-9H,1H3,(H,16,18). The zero-order chi connectivity index (χ0) is 12.5. The molecule has 0 saturated heterocycles. The van der Waals surface area contributed by atoms with Crippen molar-refractivity contribution < 1.29 is 4.79 Å². The number of carbonyl (C=O) groups is 1. The van der Waals surface area contributed by atoms with E-state index in [1.807, 2.05) is 42.5 Å². The summed E-state index contributed by atoms with van der Waals surface area (Å²) in [5, 5.41) is 4.91. The number of aromatic nitrogens is 1. The van der Waals surface area contributed by atoms with Crippen LogP contribution < -0.4 is 5.32 Å². The first-order chi connectivity index (χ1) is 8.72. The summed E-state index contributed by atoms with van der Waals surface area (Å²) >= 11 is 0. The Morgan fingerprint density at radius 3 is 2.61 bits per heavy atom. The molecule has 0 spiro atoms. The van der Waals surface area contributed by atoms with E-state index < -0.39 is 0 Å². The molecule has 1 N–H and O–H groups in total. The molecule has 0 aliphatic rings. The van der Waals surface area contributed by atoms with E-state index in [0.29, 0.717) is 0 Å². The number of hydrogen-bond donors (Lipinski definition) is 1. The first kappa shape index (κ1) is 10.7. The third-order valence-corrected chi connectivity index (χ3v) is 2.84. The van der Waals surface area contributed by atoms with Gasteiger partial charge in [0, 0.05) is 23.4 Å². The molecule has 18 heavy (non-hydrogen) atoms. The molecule has 0 radical (unpaired) electrons. The number of carbonyl (C=O) groups excluding carboxylic acids is 1. The Bertz CT molecular complexity index is 750. The number of nitrogens with one attached hydrogen (secondary N) is 1. The third kappa shape index (κ3) is 1.91. The zero-order valence-electron chi connectivity index (χ0n) is 9.97. The van der Waals surface area contributed by atoms with Gasteiger partial charge in [-0.05, 0) is 30.3 Å². The van der Waals surface area contributed by atoms with Crippen LogP contribution in [-0.2, 0) is 4.79 Å². The molecule has 3 nitrogen and oxygen atoms in total. The van der Waals surface area contributed by atoms with Gasteiger partial charge < -0.3 is 5.32 Å². The van der Waals surface area contributed by atoms with Crippen LogP contribution in [0, 0.1) is 0 Å². The van der Waals surface area contributed by atoms with E-state index in [9.17, 15) is 4.79 Å². The Labute approximate surface area is 104 Å². The van der Waals surface area contributed by atoms with Crippen molar-refractivity contribution in [2.75, 3.05) is 5.32 Å². The maximum Gasteiger partial charge on any atom is 0.221 e. The van der Waals surface area contributed by atoms with Crippen LogP contribution in [-0.4, -0.2) is 10.9 Å². The molecule has 0 saturated carbocycles. The van der Waals surface area contributed by atoms with Crippen LogP contribution in [0.4, 0.5) is 5.69 Å². The fourth-order valence-corrected chi connectivity index (χ4v) is 2.06. The summed E-state index contributed by atoms with van der Waals surface area (Å²) in [5.41, 5.74) is 2.71. The first-order valence-corrected chi connectivity index (χ1v) is 5.79. The summed E-state index contributed by atoms with van der Waals surface area (Å²) in [5.74, 6) is -0.0666. The number of benzene rings is 2. The fraction of sp³-hybridized carbons (Fsp3) is 0.0667. The number of hydrogen-bond acceptors (Lipinski definition) is 2. The molecule has 1 aromatic heterocycles. The predicted molar refractivity (Wildman–Crippen MR) is 73.6 cm³/mol. The van der Waals surface area contributed by atoms with E-state index in [1.165, 1.54) is 6.92 Å². The number of anilines is 1. The van der Waals surface area contributed by atoms with Gasteiger partial charge in [-0.1, -0.05) is 18.2 Å². The van der Waals surface area contributed by atoms with Gasteiger partial charge in [-0.15, -0.1) is 0 Å². The second kappa shape index (κ2) is 4.11. The van der Waals surface area contributed by atoms with Crippen molar-refractivity contribution in [1.82, 2.24) is 4.98 Å². The average Bonchev–Trinajstić information content (AvgIpc) is 2.35. The lowest BCUT2D eigenvalue weighted by molar-refractivity contribution is -0.114. The number of para-hydroxylation sites is 1. The van der Waals surface area contributed by atoms with Crippen molar-refractivity contribution in [3.05, 3.63) is 48.5 Å². The van der Waals surface area contributed by atoms with E-state index in [-0.39, 0.29) is 5.91 Å². The van der Waals surface area contributed by atoms with Crippen LogP contribution >= 0.6 is 0 Å². The molecule has 0 aliphatic carbocycles. The highest BCUT2D eigenvalue weighted by atomic mass is 16.1. The van der Waals surface area contributed by atoms with Crippen LogP contribution in [0.15, 0.2) is 48.5 Å². The van der Waals surface area contributed by atoms with E-state index in [2.05, 4.69) is 16.4 Å². The van der Waals surface area contributed by atoms with Gasteiger partial charge in [-0.3, -0.25) is 4.79 Å². The number of rotatable bonds is 1. The average molecular weight is 236 g/mol. The van der Waals surface area contributed by atoms with Gasteiger partial charge in [-0.25, -0.2) is 4.98 Å². The Morgan fingerprint density at radius 2 is 1.78 bits per heavy atom. The molecule has 0 unspecified atom stereocenters. The molecule has 1 amide bonds. The maximum absolute atomic E-state index is 11.0. The number of amides is 1. The molecule has 0 atom stereocenters. The Morgan fingerprint density at radius 1 is 1.00 bits per heavy atom. The topological polar surface area (TPSA) is 42.0 Å². The highest BCUT2D eigenvalue weighted by Gasteiger charge is 2.01. The number of nitrogens with zero attached hydrogens (tertiary/aromatic N) is 1. The minimum Gasteiger partial charge on any atom is -0.326 e. The normalized spacial score (nSPS) is 10.7. The van der Waals surface area contributed by atoms with Gasteiger partial charge in [-0.2, -0.15) is 0 Å². The Balaban J connectivity index is 2.20. The van der Waals surface area contributed by atoms with Crippen LogP contribution in [0.5, 0.6) is 0 Å². The maximum atomic E-state index is 11.0. The van der Waals surface area contributed by atoms with Crippen LogP contribution in [0.2, 0.25) is 0 Å². The van der Waals surface area contributed by atoms with Crippen molar-refractivity contribution >= 4 is 33.4 Å². The molecular weight excluding hydrogens is 224 g/mol. The molecule has 0 aliphatic heterocycles. The van der Waals surface area contributed by atoms with Gasteiger partial charge in [0.1, 0.15) is 0 Å². The van der Waals surface area contributed by atoms with E-state index in [0.717, 1.165) is 27.5 Å². The summed E-state index contributed by atoms with van der Waals surface area (Å²) < 4.78 is 0. The lowest BCUT2D eigenvalue weighted by atomic mass is 10.1. The third-order valence-electron chi connectivity index (χ3n) is 2.84. The molecule has 0 bridgehead atoms. The van der Waals surface area contributed by atoms with Gasteiger partial charge in [0.15, 0.2) is 0 Å². The van der Waals surface area contributed by atoms with Crippen LogP contribution in [0.1, 0.15) is 6.92 Å². The molecule has 0 fully saturated rings. The minimum absolute atomic E-state index is 0.0666. The largest absolute Gasteiger partial charge is 0.326 e. The highest BCUT2D eigenvalue weighted by Crippen LogP contribution is 2.22. The molecule has 3 aromatic rings. The summed E-state index contributed by atoms with van der Waals surface area (Å²) in [6.07, 6.45) is 0. The monoisotopic (exact) mass is 236 g/mol. The minimum atomic E-state index is -0.0666. The van der Waals surface area contributed by atoms with E-state index in [4.69, 9.17) is 0 Å². The molecule has 3 heteroatoms. The summed E-state index contributed by atoms with van der Waals surface area (Å²) in [7, 11) is 0. The zero-order valence-corrected chi connectivity index (χ0v) is 9.97. The first-order valence-electron chi connectivity index (χ1n) is 5.79. The van der Waals surface area contributed by atoms with Gasteiger partial charge in [0.2, 0.25) is 5.91 Å². The smallest absolute Gasteiger partial charge is 0.221 e. The molecule has 1 heterocycles. The molecular formula is C15H12N2O. The Kier molecular flexibility index (Phi) is 2.45. The van der Waals surface area contributed by atoms with Crippen molar-refractivity contribution in [3.63, 3.8) is 0 Å². The second-order valence-electron chi connectivity index (χ2n) is 4.27. The van der Waals surface area contributed by atoms with Gasteiger partial charge >= 0.3 is 0 Å². The van der Waals surface area contributed by atoms with Crippen molar-refractivity contribution in [2.45, 2.75) is 6.92 Å². The highest BCUT2D eigenvalue weighted by molar-refractivity contribution is 5.96. The quantitative estimate of drug-likeness (QED) is 0.658. The lowest BCUT2D eigenvalue weighted by Crippen LogP contribution is -2.05. The van der Waals surface area contributed by atoms with Crippen molar-refractivity contribution in [3.8, 4) is 0 Å². The lowest BCUT2D eigenvalue weighted by Gasteiger charge is -2.05. The Hall–Kier alpha value is -2.42. The number of fused-ring (bicyclic) bond motifs is 2. The molecule has 3 rings (SSSR count). The van der Waals surface area contributed by atoms with Gasteiger partial charge in [0.25, 0.3) is 0 Å². The second-order valence-corrected chi connectivity index (χ2v) is 4.27. The SMILES string of the molecule is CC(=O)Nc1ccc2nc3ccccc3cc2c1. The van der Waals surface area contributed by atoms with Crippen LogP contribution in [0.3, 0.4) is 0 Å². The summed E-state index contributed by atoms with van der Waals surface area (Å²) in [4.78, 5) is 15.6. The molecule has 2 aromatic carbocycles. The van der Waals surface area contributed by atoms with Gasteiger partial charge in [0.05, 0.1) is 11.0 Å². The van der Waals surface area contributed by atoms with Crippen molar-refractivity contribution in [1.29, 1.82) is 0 Å². The number of pyridine rings is 1. The molecule has 88 valence electrons. The summed E-state index contributed by atoms with van der Waals surface area (Å²) in [6.45, 7) is 1.50. The van der Waals surface area contributed by atoms with Crippen LogP contribution in [0.25, 0.3) is 21.8 Å². The van der Waals surface area contributed by atoms with E-state index in [1.54, 1.807) is 0 Å². The van der Waals surface area contributed by atoms with E-state index >= 15 is 0 Å².